The maximum absolute atomic E-state index is 12.0. The van der Waals surface area contributed by atoms with Gasteiger partial charge in [-0.25, -0.2) is 0 Å². The highest BCUT2D eigenvalue weighted by Gasteiger charge is 2.32. The van der Waals surface area contributed by atoms with Crippen molar-refractivity contribution in [2.24, 2.45) is 0 Å². The van der Waals surface area contributed by atoms with E-state index in [0.29, 0.717) is 19.7 Å². The van der Waals surface area contributed by atoms with E-state index in [4.69, 9.17) is 4.74 Å². The standard InChI is InChI=1S/C16H24N2O2/c1-4-13-6-8-14(9-7-13)16-17-10-15(19)18(16)11-12(3)20-5-2/h6-9,12,16-17H,4-5,10-11H2,1-3H3. The largest absolute Gasteiger partial charge is 0.377 e. The van der Waals surface area contributed by atoms with Gasteiger partial charge in [-0.3, -0.25) is 10.1 Å². The summed E-state index contributed by atoms with van der Waals surface area (Å²) in [5.74, 6) is 0.140. The molecule has 1 heterocycles. The molecule has 2 unspecified atom stereocenters. The van der Waals surface area contributed by atoms with E-state index in [2.05, 4.69) is 36.5 Å². The average Bonchev–Trinajstić information content (AvgIpc) is 2.81. The monoisotopic (exact) mass is 276 g/mol. The molecule has 4 heteroatoms. The molecule has 2 atom stereocenters. The van der Waals surface area contributed by atoms with Gasteiger partial charge in [-0.15, -0.1) is 0 Å². The van der Waals surface area contributed by atoms with Gasteiger partial charge < -0.3 is 9.64 Å². The molecule has 1 N–H and O–H groups in total. The highest BCUT2D eigenvalue weighted by Crippen LogP contribution is 2.23. The molecule has 1 amide bonds. The number of nitrogens with one attached hydrogen (secondary N) is 1. The Balaban J connectivity index is 2.10. The van der Waals surface area contributed by atoms with Crippen molar-refractivity contribution in [3.05, 3.63) is 35.4 Å². The zero-order chi connectivity index (χ0) is 14.5. The molecule has 20 heavy (non-hydrogen) atoms. The Labute approximate surface area is 121 Å². The fraction of sp³-hybridized carbons (Fsp3) is 0.562. The zero-order valence-electron chi connectivity index (χ0n) is 12.6. The van der Waals surface area contributed by atoms with Crippen molar-refractivity contribution in [1.29, 1.82) is 0 Å². The summed E-state index contributed by atoms with van der Waals surface area (Å²) >= 11 is 0. The van der Waals surface area contributed by atoms with Gasteiger partial charge in [0.15, 0.2) is 0 Å². The van der Waals surface area contributed by atoms with Crippen LogP contribution in [0.2, 0.25) is 0 Å². The summed E-state index contributed by atoms with van der Waals surface area (Å²) in [6.07, 6.45) is 1.06. The normalized spacial score (nSPS) is 20.4. The van der Waals surface area contributed by atoms with E-state index in [1.54, 1.807) is 0 Å². The topological polar surface area (TPSA) is 41.6 Å². The lowest BCUT2D eigenvalue weighted by Crippen LogP contribution is -2.36. The molecule has 4 nitrogen and oxygen atoms in total. The summed E-state index contributed by atoms with van der Waals surface area (Å²) in [5.41, 5.74) is 2.45. The number of rotatable bonds is 6. The SMILES string of the molecule is CCOC(C)CN1C(=O)CNC1c1ccc(CC)cc1. The van der Waals surface area contributed by atoms with Crippen LogP contribution in [0.1, 0.15) is 38.1 Å². The van der Waals surface area contributed by atoms with Crippen molar-refractivity contribution in [3.8, 4) is 0 Å². The van der Waals surface area contributed by atoms with Gasteiger partial charge in [0.1, 0.15) is 6.17 Å². The van der Waals surface area contributed by atoms with Crippen LogP contribution in [-0.4, -0.2) is 36.6 Å². The van der Waals surface area contributed by atoms with Crippen LogP contribution in [0.15, 0.2) is 24.3 Å². The number of carbonyl (C=O) groups excluding carboxylic acids is 1. The quantitative estimate of drug-likeness (QED) is 0.865. The number of carbonyl (C=O) groups is 1. The molecule has 0 radical (unpaired) electrons. The predicted octanol–water partition coefficient (Wildman–Crippen LogP) is 2.10. The van der Waals surface area contributed by atoms with Crippen LogP contribution in [0.3, 0.4) is 0 Å². The Bertz CT molecular complexity index is 444. The Kier molecular flexibility index (Phi) is 5.15. The van der Waals surface area contributed by atoms with Crippen molar-refractivity contribution in [2.45, 2.75) is 39.5 Å². The molecule has 1 aliphatic rings. The second kappa shape index (κ2) is 6.86. The summed E-state index contributed by atoms with van der Waals surface area (Å²) in [7, 11) is 0. The third-order valence-electron chi connectivity index (χ3n) is 3.69. The number of hydrogen-bond donors (Lipinski definition) is 1. The summed E-state index contributed by atoms with van der Waals surface area (Å²) in [6.45, 7) is 7.82. The highest BCUT2D eigenvalue weighted by molar-refractivity contribution is 5.81. The summed E-state index contributed by atoms with van der Waals surface area (Å²) < 4.78 is 5.55. The van der Waals surface area contributed by atoms with Crippen LogP contribution in [0, 0.1) is 0 Å². The summed E-state index contributed by atoms with van der Waals surface area (Å²) in [5, 5.41) is 3.28. The van der Waals surface area contributed by atoms with Crippen molar-refractivity contribution in [3.63, 3.8) is 0 Å². The van der Waals surface area contributed by atoms with E-state index >= 15 is 0 Å². The van der Waals surface area contributed by atoms with Gasteiger partial charge in [0.05, 0.1) is 12.6 Å². The molecule has 1 fully saturated rings. The zero-order valence-corrected chi connectivity index (χ0v) is 12.6. The third-order valence-corrected chi connectivity index (χ3v) is 3.69. The van der Waals surface area contributed by atoms with Gasteiger partial charge >= 0.3 is 0 Å². The summed E-state index contributed by atoms with van der Waals surface area (Å²) in [6, 6.07) is 8.47. The van der Waals surface area contributed by atoms with Gasteiger partial charge in [-0.1, -0.05) is 31.2 Å². The first-order valence-corrected chi connectivity index (χ1v) is 7.39. The lowest BCUT2D eigenvalue weighted by Gasteiger charge is -2.27. The number of amides is 1. The number of hydrogen-bond acceptors (Lipinski definition) is 3. The average molecular weight is 276 g/mol. The lowest BCUT2D eigenvalue weighted by atomic mass is 10.1. The Hall–Kier alpha value is -1.39. The molecule has 1 aromatic carbocycles. The Morgan fingerprint density at radius 1 is 1.35 bits per heavy atom. The van der Waals surface area contributed by atoms with Crippen LogP contribution in [0.25, 0.3) is 0 Å². The van der Waals surface area contributed by atoms with Crippen molar-refractivity contribution in [2.75, 3.05) is 19.7 Å². The van der Waals surface area contributed by atoms with Crippen molar-refractivity contribution >= 4 is 5.91 Å². The van der Waals surface area contributed by atoms with E-state index in [1.807, 2.05) is 18.7 Å². The van der Waals surface area contributed by atoms with Gasteiger partial charge in [0, 0.05) is 13.2 Å². The molecule has 0 bridgehead atoms. The first-order valence-electron chi connectivity index (χ1n) is 7.39. The fourth-order valence-electron chi connectivity index (χ4n) is 2.59. The maximum Gasteiger partial charge on any atom is 0.238 e. The third kappa shape index (κ3) is 3.38. The van der Waals surface area contributed by atoms with E-state index in [1.165, 1.54) is 5.56 Å². The van der Waals surface area contributed by atoms with E-state index in [-0.39, 0.29) is 18.2 Å². The number of benzene rings is 1. The van der Waals surface area contributed by atoms with Crippen LogP contribution < -0.4 is 5.32 Å². The van der Waals surface area contributed by atoms with E-state index in [9.17, 15) is 4.79 Å². The minimum absolute atomic E-state index is 0.0312. The molecule has 0 aromatic heterocycles. The molecule has 110 valence electrons. The molecule has 0 spiro atoms. The number of nitrogens with zero attached hydrogens (tertiary/aromatic N) is 1. The smallest absolute Gasteiger partial charge is 0.238 e. The van der Waals surface area contributed by atoms with Crippen molar-refractivity contribution < 1.29 is 9.53 Å². The first-order chi connectivity index (χ1) is 9.65. The van der Waals surface area contributed by atoms with Crippen molar-refractivity contribution in [1.82, 2.24) is 10.2 Å². The van der Waals surface area contributed by atoms with E-state index in [0.717, 1.165) is 12.0 Å². The minimum Gasteiger partial charge on any atom is -0.377 e. The Morgan fingerprint density at radius 2 is 2.05 bits per heavy atom. The van der Waals surface area contributed by atoms with Crippen LogP contribution in [0.5, 0.6) is 0 Å². The van der Waals surface area contributed by atoms with Crippen LogP contribution in [-0.2, 0) is 16.0 Å². The predicted molar refractivity (Wildman–Crippen MR) is 79.4 cm³/mol. The van der Waals surface area contributed by atoms with E-state index < -0.39 is 0 Å². The number of ether oxygens (including phenoxy) is 1. The first kappa shape index (κ1) is 15.0. The van der Waals surface area contributed by atoms with Gasteiger partial charge in [0.25, 0.3) is 0 Å². The Morgan fingerprint density at radius 3 is 2.65 bits per heavy atom. The number of aryl methyl sites for hydroxylation is 1. The molecule has 1 saturated heterocycles. The molecule has 0 aliphatic carbocycles. The molecular formula is C16H24N2O2. The van der Waals surface area contributed by atoms with Gasteiger partial charge in [0.2, 0.25) is 5.91 Å². The maximum atomic E-state index is 12.0. The fourth-order valence-corrected chi connectivity index (χ4v) is 2.59. The molecule has 1 aliphatic heterocycles. The molecule has 0 saturated carbocycles. The van der Waals surface area contributed by atoms with Crippen LogP contribution >= 0.6 is 0 Å². The highest BCUT2D eigenvalue weighted by atomic mass is 16.5. The van der Waals surface area contributed by atoms with Crippen LogP contribution in [0.4, 0.5) is 0 Å². The molecular weight excluding hydrogens is 252 g/mol. The second-order valence-electron chi connectivity index (χ2n) is 5.19. The molecule has 1 aromatic rings. The molecule has 2 rings (SSSR count). The van der Waals surface area contributed by atoms with Gasteiger partial charge in [-0.05, 0) is 31.4 Å². The minimum atomic E-state index is -0.0312. The summed E-state index contributed by atoms with van der Waals surface area (Å²) in [4.78, 5) is 13.9. The second-order valence-corrected chi connectivity index (χ2v) is 5.19. The van der Waals surface area contributed by atoms with Gasteiger partial charge in [-0.2, -0.15) is 0 Å². The lowest BCUT2D eigenvalue weighted by molar-refractivity contribution is -0.129.